The van der Waals surface area contributed by atoms with Crippen molar-refractivity contribution in [2.75, 3.05) is 46.8 Å². The summed E-state index contributed by atoms with van der Waals surface area (Å²) in [6.45, 7) is 3.52. The highest BCUT2D eigenvalue weighted by Crippen LogP contribution is 2.37. The van der Waals surface area contributed by atoms with Gasteiger partial charge in [0.2, 0.25) is 23.6 Å². The zero-order valence-electron chi connectivity index (χ0n) is 56.1. The molecule has 36 heteroatoms. The summed E-state index contributed by atoms with van der Waals surface area (Å²) in [4.78, 5) is 65.1. The predicted molar refractivity (Wildman–Crippen MR) is 333 cm³/mol. The van der Waals surface area contributed by atoms with Crippen LogP contribution >= 0.6 is 0 Å². The minimum absolute atomic E-state index is 0.0482. The number of aliphatic hydroxyl groups excluding tert-OH is 13. The topological polar surface area (TPSA) is 528 Å². The van der Waals surface area contributed by atoms with Gasteiger partial charge in [-0.15, -0.1) is 0 Å². The molecule has 6 aliphatic rings. The van der Waals surface area contributed by atoms with Gasteiger partial charge in [-0.3, -0.25) is 24.0 Å². The molecule has 1 aromatic carbocycles. The van der Waals surface area contributed by atoms with E-state index >= 15 is 0 Å². The average Bonchev–Trinajstić information content (AvgIpc) is 0.772. The van der Waals surface area contributed by atoms with E-state index in [1.807, 2.05) is 0 Å². The second-order valence-electron chi connectivity index (χ2n) is 25.3. The van der Waals surface area contributed by atoms with E-state index in [1.54, 1.807) is 12.1 Å². The van der Waals surface area contributed by atoms with Crippen LogP contribution < -0.4 is 31.3 Å². The van der Waals surface area contributed by atoms with E-state index in [2.05, 4.69) is 45.7 Å². The van der Waals surface area contributed by atoms with Crippen LogP contribution in [-0.4, -0.2) is 327 Å². The van der Waals surface area contributed by atoms with Gasteiger partial charge in [-0.1, -0.05) is 44.4 Å². The number of amides is 5. The summed E-state index contributed by atoms with van der Waals surface area (Å²) < 4.78 is 77.9. The molecule has 0 spiro atoms. The molecule has 0 saturated carbocycles. The van der Waals surface area contributed by atoms with Crippen molar-refractivity contribution < 1.29 is 152 Å². The lowest BCUT2D eigenvalue weighted by atomic mass is 9.93. The summed E-state index contributed by atoms with van der Waals surface area (Å²) in [6, 6.07) is -2.45. The van der Waals surface area contributed by atoms with Crippen molar-refractivity contribution in [2.45, 2.75) is 270 Å². The van der Waals surface area contributed by atoms with Gasteiger partial charge in [0.05, 0.1) is 45.7 Å². The van der Waals surface area contributed by atoms with Gasteiger partial charge in [0.1, 0.15) is 146 Å². The predicted octanol–water partition coefficient (Wildman–Crippen LogP) is -6.72. The Morgan fingerprint density at radius 3 is 1.35 bits per heavy atom. The van der Waals surface area contributed by atoms with Gasteiger partial charge in [-0.2, -0.15) is 0 Å². The lowest BCUT2D eigenvalue weighted by Gasteiger charge is -2.51. The number of benzene rings is 1. The number of carbonyl (C=O) groups is 5. The molecular weight excluding hydrogens is 1320 g/mol. The number of allylic oxidation sites excluding steroid dienone is 2. The van der Waals surface area contributed by atoms with Crippen LogP contribution in [0.1, 0.15) is 96.8 Å². The zero-order valence-corrected chi connectivity index (χ0v) is 56.1. The highest BCUT2D eigenvalue weighted by molar-refractivity contribution is 5.94. The number of hydrogen-bond acceptors (Lipinski definition) is 31. The maximum Gasteiger partial charge on any atom is 0.251 e. The first-order valence-electron chi connectivity index (χ1n) is 33.2. The van der Waals surface area contributed by atoms with Crippen LogP contribution in [0.3, 0.4) is 0 Å². The Morgan fingerprint density at radius 1 is 0.465 bits per heavy atom. The molecule has 0 aromatic heterocycles. The smallest absolute Gasteiger partial charge is 0.251 e. The minimum atomic E-state index is -2.07. The number of rotatable bonds is 32. The third-order valence-electron chi connectivity index (χ3n) is 17.8. The number of aliphatic hydroxyl groups is 13. The number of ether oxygens (including phenoxy) is 13. The van der Waals surface area contributed by atoms with Crippen molar-refractivity contribution in [1.29, 1.82) is 0 Å². The third-order valence-corrected chi connectivity index (χ3v) is 17.8. The zero-order chi connectivity index (χ0) is 72.5. The van der Waals surface area contributed by atoms with Crippen LogP contribution in [0.5, 0.6) is 5.75 Å². The Bertz CT molecular complexity index is 2730. The van der Waals surface area contributed by atoms with Gasteiger partial charge in [-0.05, 0) is 50.8 Å². The fourth-order valence-corrected chi connectivity index (χ4v) is 12.7. The molecule has 30 atom stereocenters. The Hall–Kier alpha value is -4.89. The molecule has 6 heterocycles. The molecule has 0 aliphatic carbocycles. The third kappa shape index (κ3) is 20.9. The van der Waals surface area contributed by atoms with Gasteiger partial charge >= 0.3 is 0 Å². The molecular formula is C63H101N5O31. The van der Waals surface area contributed by atoms with Gasteiger partial charge in [0.15, 0.2) is 37.7 Å². The molecule has 7 rings (SSSR count). The molecule has 6 aliphatic heterocycles. The first kappa shape index (κ1) is 81.4. The highest BCUT2D eigenvalue weighted by atomic mass is 16.8. The van der Waals surface area contributed by atoms with E-state index in [9.17, 15) is 90.4 Å². The fourth-order valence-electron chi connectivity index (χ4n) is 12.7. The lowest BCUT2D eigenvalue weighted by Crippen LogP contribution is -2.72. The molecule has 564 valence electrons. The Kier molecular flexibility index (Phi) is 31.7. The SMILES string of the molecule is CCCCCC/C=C\CCCOc1cccc(C(=O)N[C@@H]2C(OC3C(O)C(NC(C)=O)[C@H](OC4C(CO)O[C@@H](O[C@@H]5C(CO)OC(OC6C(COC7OC(C)[C@@H](O)[C@@H](O)[C@H]7OC)OC(O)[C@@H](NC(C)=O)[C@H]6O)C(NC(C)=O)C5O)[C@@H](NC(C)=O)[C@H]4O)O[C@H]3CO)OC(CO)[C@@H](O)[C@@H]2O)c1. The Morgan fingerprint density at radius 2 is 0.899 bits per heavy atom. The maximum atomic E-state index is 14.0. The summed E-state index contributed by atoms with van der Waals surface area (Å²) in [5.74, 6) is -3.67. The summed E-state index contributed by atoms with van der Waals surface area (Å²) in [5, 5.41) is 158. The van der Waals surface area contributed by atoms with Crippen molar-refractivity contribution in [1.82, 2.24) is 26.6 Å². The summed E-state index contributed by atoms with van der Waals surface area (Å²) in [7, 11) is 1.21. The number of carbonyl (C=O) groups excluding carboxylic acids is 5. The normalized spacial score (nSPS) is 39.6. The second kappa shape index (κ2) is 38.6. The minimum Gasteiger partial charge on any atom is -0.494 e. The van der Waals surface area contributed by atoms with Crippen LogP contribution in [0, 0.1) is 0 Å². The second-order valence-corrected chi connectivity index (χ2v) is 25.3. The number of methoxy groups -OCH3 is 1. The molecule has 1 aromatic rings. The molecule has 18 N–H and O–H groups in total. The first-order chi connectivity index (χ1) is 47.2. The fraction of sp³-hybridized carbons (Fsp3) is 0.794. The van der Waals surface area contributed by atoms with E-state index in [4.69, 9.17) is 61.6 Å². The standard InChI is InChI=1S/C63H101N5O31/c1-8-9-10-11-12-13-14-15-16-20-88-33-19-17-18-32(21-33)57(85)68-40-46(79)45(78)34(22-69)92-59(40)96-52-35(23-70)93-60(41(48(52)81)65-29(4)74)97-53-36(24-71)94-61(42(49(53)82)66-30(5)75)98-54-37(25-72)95-62(43(50(54)83)67-31(6)76)99-55-38(91-58(86)39(47(55)80)64-28(3)73)26-89-63-56(87-7)51(84)44(77)27(2)90-63/h13-14,17-19,21,27,34-56,58-63,69-72,77-84,86H,8-12,15-16,20,22-26H2,1-7H3,(H,64,73)(H,65,74)(H,66,75)(H,67,76)(H,68,85)/b14-13-/t27?,34?,35-,36?,37?,38?,39-,40-,41?,42-,43?,44+,45+,46+,47+,48?,49+,50?,51+,52?,53?,54+,55?,56+,58?,59?,60-,61-,62?,63?/m0/s1. The van der Waals surface area contributed by atoms with Crippen LogP contribution in [0.15, 0.2) is 36.4 Å². The first-order valence-corrected chi connectivity index (χ1v) is 33.2. The van der Waals surface area contributed by atoms with E-state index in [0.717, 1.165) is 53.4 Å². The van der Waals surface area contributed by atoms with Crippen LogP contribution in [0.25, 0.3) is 0 Å². The summed E-state index contributed by atoms with van der Waals surface area (Å²) in [6.07, 6.45) is -32.0. The van der Waals surface area contributed by atoms with Crippen molar-refractivity contribution in [3.05, 3.63) is 42.0 Å². The van der Waals surface area contributed by atoms with E-state index in [0.29, 0.717) is 18.8 Å². The quantitative estimate of drug-likeness (QED) is 0.0235. The largest absolute Gasteiger partial charge is 0.494 e. The lowest BCUT2D eigenvalue weighted by molar-refractivity contribution is -0.368. The Labute approximate surface area is 571 Å². The molecule has 6 saturated heterocycles. The van der Waals surface area contributed by atoms with Crippen LogP contribution in [-0.2, 0) is 76.0 Å². The van der Waals surface area contributed by atoms with Crippen LogP contribution in [0.4, 0.5) is 0 Å². The van der Waals surface area contributed by atoms with E-state index in [1.165, 1.54) is 39.0 Å². The van der Waals surface area contributed by atoms with Gasteiger partial charge in [0, 0.05) is 40.4 Å². The van der Waals surface area contributed by atoms with Crippen molar-refractivity contribution in [3.63, 3.8) is 0 Å². The Balaban J connectivity index is 1.07. The van der Waals surface area contributed by atoms with E-state index < -0.39 is 246 Å². The molecule has 99 heavy (non-hydrogen) atoms. The molecule has 5 amide bonds. The monoisotopic (exact) mass is 1420 g/mol. The molecule has 6 fully saturated rings. The molecule has 0 bridgehead atoms. The molecule has 36 nitrogen and oxygen atoms in total. The molecule has 0 radical (unpaired) electrons. The van der Waals surface area contributed by atoms with Gasteiger partial charge < -0.3 is 155 Å². The molecule has 16 unspecified atom stereocenters. The van der Waals surface area contributed by atoms with E-state index in [-0.39, 0.29) is 5.56 Å². The average molecular weight is 1420 g/mol. The van der Waals surface area contributed by atoms with Crippen molar-refractivity contribution in [3.8, 4) is 5.75 Å². The van der Waals surface area contributed by atoms with Gasteiger partial charge in [0.25, 0.3) is 5.91 Å². The van der Waals surface area contributed by atoms with Gasteiger partial charge in [-0.25, -0.2) is 0 Å². The number of unbranched alkanes of at least 4 members (excludes halogenated alkanes) is 5. The van der Waals surface area contributed by atoms with Crippen LogP contribution in [0.2, 0.25) is 0 Å². The van der Waals surface area contributed by atoms with Crippen molar-refractivity contribution >= 4 is 29.5 Å². The summed E-state index contributed by atoms with van der Waals surface area (Å²) in [5.41, 5.74) is 0.0482. The number of hydrogen-bond donors (Lipinski definition) is 18. The highest BCUT2D eigenvalue weighted by Gasteiger charge is 2.58. The maximum absolute atomic E-state index is 14.0. The van der Waals surface area contributed by atoms with Crippen molar-refractivity contribution in [2.24, 2.45) is 0 Å². The summed E-state index contributed by atoms with van der Waals surface area (Å²) >= 11 is 0. The number of nitrogens with one attached hydrogen (secondary N) is 5.